The maximum Gasteiger partial charge on any atom is 0.434 e. The Morgan fingerprint density at radius 2 is 1.68 bits per heavy atom. The van der Waals surface area contributed by atoms with Crippen molar-refractivity contribution in [1.82, 2.24) is 4.98 Å². The van der Waals surface area contributed by atoms with E-state index in [1.807, 2.05) is 0 Å². The van der Waals surface area contributed by atoms with Gasteiger partial charge in [0.2, 0.25) is 5.88 Å². The fourth-order valence-electron chi connectivity index (χ4n) is 1.08. The SMILES string of the molecule is Cc1c(N)cnc(OC(C(F)(F)F)C(F)(F)F)c1Br. The summed E-state index contributed by atoms with van der Waals surface area (Å²) in [6.45, 7) is 1.39. The molecule has 3 nitrogen and oxygen atoms in total. The molecule has 0 aliphatic rings. The van der Waals surface area contributed by atoms with Crippen molar-refractivity contribution in [3.8, 4) is 5.88 Å². The molecule has 0 unspecified atom stereocenters. The highest BCUT2D eigenvalue weighted by molar-refractivity contribution is 9.10. The van der Waals surface area contributed by atoms with Crippen molar-refractivity contribution in [3.05, 3.63) is 16.2 Å². The van der Waals surface area contributed by atoms with Gasteiger partial charge in [0, 0.05) is 0 Å². The van der Waals surface area contributed by atoms with Crippen LogP contribution in [0, 0.1) is 6.92 Å². The standard InChI is InChI=1S/C9H7BrF6N2O/c1-3-4(17)2-18-6(5(3)10)19-7(8(11,12)13)9(14,15)16/h2,7H,17H2,1H3. The van der Waals surface area contributed by atoms with Gasteiger partial charge >= 0.3 is 12.4 Å². The maximum absolute atomic E-state index is 12.3. The van der Waals surface area contributed by atoms with Gasteiger partial charge in [-0.25, -0.2) is 4.98 Å². The fourth-order valence-corrected chi connectivity index (χ4v) is 1.51. The molecule has 108 valence electrons. The molecule has 19 heavy (non-hydrogen) atoms. The van der Waals surface area contributed by atoms with Crippen LogP contribution in [0.15, 0.2) is 10.7 Å². The van der Waals surface area contributed by atoms with E-state index in [2.05, 4.69) is 25.7 Å². The second kappa shape index (κ2) is 5.06. The predicted octanol–water partition coefficient (Wildman–Crippen LogP) is 3.61. The zero-order valence-electron chi connectivity index (χ0n) is 9.23. The Bertz CT molecular complexity index is 459. The molecule has 0 spiro atoms. The van der Waals surface area contributed by atoms with Crippen LogP contribution >= 0.6 is 15.9 Å². The third kappa shape index (κ3) is 3.64. The summed E-state index contributed by atoms with van der Waals surface area (Å²) in [6, 6.07) is 0. The molecule has 0 radical (unpaired) electrons. The molecule has 10 heteroatoms. The lowest BCUT2D eigenvalue weighted by Crippen LogP contribution is -2.46. The highest BCUT2D eigenvalue weighted by Crippen LogP contribution is 2.38. The molecule has 2 N–H and O–H groups in total. The molecule has 0 aromatic carbocycles. The number of halogens is 7. The number of pyridine rings is 1. The normalized spacial score (nSPS) is 12.9. The number of hydrogen-bond acceptors (Lipinski definition) is 3. The first-order chi connectivity index (χ1) is 8.44. The second-order valence-corrected chi connectivity index (χ2v) is 4.33. The van der Waals surface area contributed by atoms with E-state index in [1.54, 1.807) is 0 Å². The van der Waals surface area contributed by atoms with Gasteiger partial charge in [-0.1, -0.05) is 0 Å². The van der Waals surface area contributed by atoms with Crippen LogP contribution in [0.25, 0.3) is 0 Å². The van der Waals surface area contributed by atoms with E-state index in [0.29, 0.717) is 0 Å². The van der Waals surface area contributed by atoms with Gasteiger partial charge in [0.25, 0.3) is 6.10 Å². The Morgan fingerprint density at radius 3 is 2.11 bits per heavy atom. The number of anilines is 1. The lowest BCUT2D eigenvalue weighted by atomic mass is 10.2. The molecule has 1 heterocycles. The van der Waals surface area contributed by atoms with E-state index in [4.69, 9.17) is 5.73 Å². The topological polar surface area (TPSA) is 48.1 Å². The second-order valence-electron chi connectivity index (χ2n) is 3.54. The first kappa shape index (κ1) is 15.9. The molecule has 0 aliphatic carbocycles. The van der Waals surface area contributed by atoms with Gasteiger partial charge in [0.1, 0.15) is 0 Å². The highest BCUT2D eigenvalue weighted by atomic mass is 79.9. The quantitative estimate of drug-likeness (QED) is 0.827. The molecular weight excluding hydrogens is 346 g/mol. The Hall–Kier alpha value is -1.19. The smallest absolute Gasteiger partial charge is 0.434 e. The van der Waals surface area contributed by atoms with Crippen molar-refractivity contribution in [2.24, 2.45) is 0 Å². The molecule has 1 aromatic heterocycles. The third-order valence-electron chi connectivity index (χ3n) is 2.09. The first-order valence-corrected chi connectivity index (χ1v) is 5.44. The van der Waals surface area contributed by atoms with Crippen LogP contribution in [-0.4, -0.2) is 23.4 Å². The van der Waals surface area contributed by atoms with Crippen LogP contribution < -0.4 is 10.5 Å². The first-order valence-electron chi connectivity index (χ1n) is 4.65. The van der Waals surface area contributed by atoms with Crippen molar-refractivity contribution in [2.75, 3.05) is 5.73 Å². The Labute approximate surface area is 111 Å². The van der Waals surface area contributed by atoms with Crippen LogP contribution in [0.5, 0.6) is 5.88 Å². The van der Waals surface area contributed by atoms with Crippen LogP contribution in [0.4, 0.5) is 32.0 Å². The van der Waals surface area contributed by atoms with Crippen molar-refractivity contribution in [1.29, 1.82) is 0 Å². The van der Waals surface area contributed by atoms with Crippen molar-refractivity contribution in [3.63, 3.8) is 0 Å². The number of nitrogens with zero attached hydrogens (tertiary/aromatic N) is 1. The van der Waals surface area contributed by atoms with E-state index in [-0.39, 0.29) is 15.7 Å². The van der Waals surface area contributed by atoms with Crippen molar-refractivity contribution in [2.45, 2.75) is 25.4 Å². The summed E-state index contributed by atoms with van der Waals surface area (Å²) in [5.41, 5.74) is 5.74. The number of nitrogen functional groups attached to an aromatic ring is 1. The van der Waals surface area contributed by atoms with Gasteiger partial charge in [-0.3, -0.25) is 0 Å². The predicted molar refractivity (Wildman–Crippen MR) is 57.6 cm³/mol. The van der Waals surface area contributed by atoms with E-state index in [9.17, 15) is 26.3 Å². The summed E-state index contributed by atoms with van der Waals surface area (Å²) in [7, 11) is 0. The fraction of sp³-hybridized carbons (Fsp3) is 0.444. The molecule has 0 fully saturated rings. The number of nitrogens with two attached hydrogens (primary N) is 1. The van der Waals surface area contributed by atoms with Crippen molar-refractivity contribution < 1.29 is 31.1 Å². The number of hydrogen-bond donors (Lipinski definition) is 1. The Kier molecular flexibility index (Phi) is 4.23. The minimum Gasteiger partial charge on any atom is -0.454 e. The van der Waals surface area contributed by atoms with Gasteiger partial charge < -0.3 is 10.5 Å². The van der Waals surface area contributed by atoms with Crippen LogP contribution in [0.1, 0.15) is 5.56 Å². The summed E-state index contributed by atoms with van der Waals surface area (Å²) < 4.78 is 77.6. The van der Waals surface area contributed by atoms with E-state index >= 15 is 0 Å². The number of rotatable bonds is 2. The van der Waals surface area contributed by atoms with Crippen LogP contribution in [0.3, 0.4) is 0 Å². The number of aromatic nitrogens is 1. The van der Waals surface area contributed by atoms with Crippen molar-refractivity contribution >= 4 is 21.6 Å². The Morgan fingerprint density at radius 1 is 1.21 bits per heavy atom. The van der Waals surface area contributed by atoms with Crippen LogP contribution in [-0.2, 0) is 0 Å². The molecule has 0 atom stereocenters. The lowest BCUT2D eigenvalue weighted by molar-refractivity contribution is -0.300. The molecule has 0 saturated heterocycles. The molecule has 1 aromatic rings. The Balaban J connectivity index is 3.15. The summed E-state index contributed by atoms with van der Waals surface area (Å²) in [4.78, 5) is 3.31. The minimum atomic E-state index is -5.60. The zero-order chi connectivity index (χ0) is 15.0. The number of ether oxygens (including phenoxy) is 1. The van der Waals surface area contributed by atoms with E-state index in [1.165, 1.54) is 6.92 Å². The largest absolute Gasteiger partial charge is 0.454 e. The minimum absolute atomic E-state index is 0.106. The van der Waals surface area contributed by atoms with E-state index < -0.39 is 24.3 Å². The van der Waals surface area contributed by atoms with Gasteiger partial charge in [-0.2, -0.15) is 26.3 Å². The van der Waals surface area contributed by atoms with Gasteiger partial charge in [-0.05, 0) is 28.4 Å². The highest BCUT2D eigenvalue weighted by Gasteiger charge is 2.59. The molecule has 0 aliphatic heterocycles. The summed E-state index contributed by atoms with van der Waals surface area (Å²) in [6.07, 6.45) is -14.2. The van der Waals surface area contributed by atoms with Gasteiger partial charge in [0.05, 0.1) is 16.4 Å². The maximum atomic E-state index is 12.3. The number of alkyl halides is 6. The molecule has 1 rings (SSSR count). The summed E-state index contributed by atoms with van der Waals surface area (Å²) in [5, 5.41) is 0. The average Bonchev–Trinajstić information content (AvgIpc) is 2.21. The van der Waals surface area contributed by atoms with E-state index in [0.717, 1.165) is 6.20 Å². The molecular formula is C9H7BrF6N2O. The van der Waals surface area contributed by atoms with Gasteiger partial charge in [-0.15, -0.1) is 0 Å². The molecule has 0 bridgehead atoms. The third-order valence-corrected chi connectivity index (χ3v) is 3.03. The van der Waals surface area contributed by atoms with Gasteiger partial charge in [0.15, 0.2) is 0 Å². The monoisotopic (exact) mass is 352 g/mol. The molecule has 0 amide bonds. The molecule has 0 saturated carbocycles. The average molecular weight is 353 g/mol. The zero-order valence-corrected chi connectivity index (χ0v) is 10.8. The lowest BCUT2D eigenvalue weighted by Gasteiger charge is -2.24. The summed E-state index contributed by atoms with van der Waals surface area (Å²) in [5.74, 6) is -0.827. The van der Waals surface area contributed by atoms with Crippen LogP contribution in [0.2, 0.25) is 0 Å². The summed E-state index contributed by atoms with van der Waals surface area (Å²) >= 11 is 2.79.